The molecule has 3 N–H and O–H groups in total. The Balaban J connectivity index is 1.51. The second-order valence-electron chi connectivity index (χ2n) is 13.4. The van der Waals surface area contributed by atoms with E-state index >= 15 is 4.39 Å². The maximum absolute atomic E-state index is 15.7. The topological polar surface area (TPSA) is 129 Å². The Labute approximate surface area is 278 Å². The number of anilines is 1. The zero-order valence-corrected chi connectivity index (χ0v) is 28.7. The van der Waals surface area contributed by atoms with Crippen molar-refractivity contribution in [2.45, 2.75) is 104 Å². The van der Waals surface area contributed by atoms with Crippen molar-refractivity contribution in [3.63, 3.8) is 0 Å². The summed E-state index contributed by atoms with van der Waals surface area (Å²) < 4.78 is 17.2. The maximum Gasteiger partial charge on any atom is 0.270 e. The van der Waals surface area contributed by atoms with Crippen molar-refractivity contribution in [3.8, 4) is 0 Å². The van der Waals surface area contributed by atoms with Crippen LogP contribution in [-0.2, 0) is 20.9 Å². The second-order valence-corrected chi connectivity index (χ2v) is 13.4. The molecule has 0 spiro atoms. The number of rotatable bonds is 12. The van der Waals surface area contributed by atoms with Crippen molar-refractivity contribution >= 4 is 29.3 Å². The number of amides is 4. The Morgan fingerprint density at radius 2 is 1.64 bits per heavy atom. The molecule has 1 saturated carbocycles. The van der Waals surface area contributed by atoms with Crippen LogP contribution in [-0.4, -0.2) is 87.5 Å². The predicted octanol–water partition coefficient (Wildman–Crippen LogP) is 4.16. The van der Waals surface area contributed by atoms with E-state index in [1.807, 2.05) is 6.92 Å². The molecule has 2 fully saturated rings. The van der Waals surface area contributed by atoms with Crippen LogP contribution in [0.5, 0.6) is 0 Å². The summed E-state index contributed by atoms with van der Waals surface area (Å²) in [4.78, 5) is 57.2. The van der Waals surface area contributed by atoms with Crippen LogP contribution in [0.4, 0.5) is 10.1 Å². The van der Waals surface area contributed by atoms with Crippen LogP contribution in [0.15, 0.2) is 30.5 Å². The van der Waals surface area contributed by atoms with Crippen LogP contribution < -0.4 is 16.0 Å². The van der Waals surface area contributed by atoms with E-state index in [2.05, 4.69) is 46.7 Å². The van der Waals surface area contributed by atoms with Gasteiger partial charge in [0.1, 0.15) is 23.6 Å². The molecule has 0 bridgehead atoms. The quantitative estimate of drug-likeness (QED) is 0.316. The predicted molar refractivity (Wildman–Crippen MR) is 179 cm³/mol. The Bertz CT molecular complexity index is 1400. The summed E-state index contributed by atoms with van der Waals surface area (Å²) in [5.41, 5.74) is 0.869. The number of nitrogens with one attached hydrogen (secondary N) is 3. The number of nitrogens with zero attached hydrogens (tertiary/aromatic N) is 4. The van der Waals surface area contributed by atoms with Gasteiger partial charge in [0, 0.05) is 57.3 Å². The van der Waals surface area contributed by atoms with Crippen LogP contribution in [0.25, 0.3) is 0 Å². The molecule has 4 amide bonds. The molecule has 2 aromatic rings. The Morgan fingerprint density at radius 3 is 2.23 bits per heavy atom. The summed E-state index contributed by atoms with van der Waals surface area (Å²) in [6.45, 7) is 15.0. The third kappa shape index (κ3) is 8.97. The average molecular weight is 654 g/mol. The zero-order chi connectivity index (χ0) is 34.2. The molecule has 2 heterocycles. The highest BCUT2D eigenvalue weighted by Crippen LogP contribution is 2.32. The second kappa shape index (κ2) is 16.3. The van der Waals surface area contributed by atoms with E-state index in [0.717, 1.165) is 38.8 Å². The highest BCUT2D eigenvalue weighted by molar-refractivity contribution is 6.00. The molecular weight excluding hydrogens is 601 g/mol. The van der Waals surface area contributed by atoms with Crippen LogP contribution in [0, 0.1) is 17.7 Å². The fourth-order valence-corrected chi connectivity index (χ4v) is 6.66. The van der Waals surface area contributed by atoms with E-state index in [0.29, 0.717) is 42.9 Å². The SMILES string of the molecule is CCC(=O)NC(C(=O)N1CCN(C(C)C)CC1)[C@@H](C)c1ccc(NC(=O)[C@@H](NC(=O)c2ccnn2CC)C2CCC(C)CC2)c(F)c1. The van der Waals surface area contributed by atoms with Crippen molar-refractivity contribution in [3.05, 3.63) is 47.5 Å². The molecule has 1 aliphatic carbocycles. The molecule has 12 heteroatoms. The average Bonchev–Trinajstić information content (AvgIpc) is 3.56. The first-order chi connectivity index (χ1) is 22.4. The van der Waals surface area contributed by atoms with Gasteiger partial charge in [0.25, 0.3) is 5.91 Å². The molecule has 1 saturated heterocycles. The largest absolute Gasteiger partial charge is 0.344 e. The summed E-state index contributed by atoms with van der Waals surface area (Å²) in [6, 6.07) is 4.75. The third-order valence-corrected chi connectivity index (χ3v) is 9.89. The lowest BCUT2D eigenvalue weighted by Crippen LogP contribution is -2.57. The van der Waals surface area contributed by atoms with Gasteiger partial charge in [-0.05, 0) is 69.2 Å². The minimum atomic E-state index is -0.863. The summed E-state index contributed by atoms with van der Waals surface area (Å²) in [5, 5.41) is 12.7. The molecule has 258 valence electrons. The Hall–Kier alpha value is -3.80. The van der Waals surface area contributed by atoms with Crippen molar-refractivity contribution < 1.29 is 23.6 Å². The highest BCUT2D eigenvalue weighted by atomic mass is 19.1. The van der Waals surface area contributed by atoms with E-state index in [4.69, 9.17) is 0 Å². The standard InChI is InChI=1S/C35H52FN7O4/c1-7-30(44)39-31(35(47)42-19-17-41(18-20-42)22(3)4)24(6)26-13-14-28(27(36)21-26)38-34(46)32(25-11-9-23(5)10-12-25)40-33(45)29-15-16-37-43(29)8-2/h13-16,21-25,31-32H,7-12,17-20H2,1-6H3,(H,38,46)(H,39,44)(H,40,45)/t23?,24-,25?,31?,32-/m0/s1. The Kier molecular flexibility index (Phi) is 12.5. The van der Waals surface area contributed by atoms with Gasteiger partial charge in [-0.15, -0.1) is 0 Å². The number of benzene rings is 1. The van der Waals surface area contributed by atoms with Gasteiger partial charge in [0.2, 0.25) is 17.7 Å². The fraction of sp³-hybridized carbons (Fsp3) is 0.629. The van der Waals surface area contributed by atoms with Gasteiger partial charge in [-0.25, -0.2) is 4.39 Å². The number of piperazine rings is 1. The normalized spacial score (nSPS) is 20.7. The lowest BCUT2D eigenvalue weighted by Gasteiger charge is -2.39. The van der Waals surface area contributed by atoms with Crippen LogP contribution in [0.1, 0.15) is 95.6 Å². The van der Waals surface area contributed by atoms with E-state index < -0.39 is 35.6 Å². The lowest BCUT2D eigenvalue weighted by atomic mass is 9.79. The smallest absolute Gasteiger partial charge is 0.270 e. The number of aromatic nitrogens is 2. The minimum absolute atomic E-state index is 0.0155. The zero-order valence-electron chi connectivity index (χ0n) is 28.7. The molecule has 47 heavy (non-hydrogen) atoms. The number of hydrogen-bond acceptors (Lipinski definition) is 6. The molecule has 11 nitrogen and oxygen atoms in total. The van der Waals surface area contributed by atoms with Gasteiger partial charge >= 0.3 is 0 Å². The first-order valence-corrected chi connectivity index (χ1v) is 17.2. The first kappa shape index (κ1) is 36.0. The van der Waals surface area contributed by atoms with Crippen molar-refractivity contribution in [1.82, 2.24) is 30.2 Å². The summed E-state index contributed by atoms with van der Waals surface area (Å²) >= 11 is 0. The molecular formula is C35H52FN7O4. The fourth-order valence-electron chi connectivity index (χ4n) is 6.66. The van der Waals surface area contributed by atoms with Gasteiger partial charge in [-0.3, -0.25) is 28.8 Å². The molecule has 1 unspecified atom stereocenters. The molecule has 0 radical (unpaired) electrons. The molecule has 2 aliphatic rings. The first-order valence-electron chi connectivity index (χ1n) is 17.2. The molecule has 4 rings (SSSR count). The molecule has 3 atom stereocenters. The van der Waals surface area contributed by atoms with Crippen LogP contribution in [0.2, 0.25) is 0 Å². The number of aryl methyl sites for hydroxylation is 1. The van der Waals surface area contributed by atoms with Gasteiger partial charge in [-0.1, -0.05) is 39.7 Å². The highest BCUT2D eigenvalue weighted by Gasteiger charge is 2.35. The van der Waals surface area contributed by atoms with Gasteiger partial charge in [0.15, 0.2) is 0 Å². The molecule has 1 aromatic carbocycles. The number of halogens is 1. The van der Waals surface area contributed by atoms with Crippen LogP contribution in [0.3, 0.4) is 0 Å². The minimum Gasteiger partial charge on any atom is -0.344 e. The van der Waals surface area contributed by atoms with Gasteiger partial charge in [-0.2, -0.15) is 5.10 Å². The van der Waals surface area contributed by atoms with Crippen molar-refractivity contribution in [2.75, 3.05) is 31.5 Å². The molecule has 1 aromatic heterocycles. The number of carbonyl (C=O) groups excluding carboxylic acids is 4. The van der Waals surface area contributed by atoms with Crippen molar-refractivity contribution in [1.29, 1.82) is 0 Å². The van der Waals surface area contributed by atoms with Crippen molar-refractivity contribution in [2.24, 2.45) is 11.8 Å². The summed E-state index contributed by atoms with van der Waals surface area (Å²) in [6.07, 6.45) is 5.20. The third-order valence-electron chi connectivity index (χ3n) is 9.89. The number of hydrogen-bond donors (Lipinski definition) is 3. The summed E-state index contributed by atoms with van der Waals surface area (Å²) in [5.74, 6) is -2.06. The molecule has 1 aliphatic heterocycles. The summed E-state index contributed by atoms with van der Waals surface area (Å²) in [7, 11) is 0. The Morgan fingerprint density at radius 1 is 0.957 bits per heavy atom. The number of carbonyl (C=O) groups is 4. The van der Waals surface area contributed by atoms with E-state index in [-0.39, 0.29) is 29.8 Å². The van der Waals surface area contributed by atoms with Gasteiger partial charge < -0.3 is 20.9 Å². The van der Waals surface area contributed by atoms with Crippen LogP contribution >= 0.6 is 0 Å². The van der Waals surface area contributed by atoms with E-state index in [1.165, 1.54) is 12.1 Å². The van der Waals surface area contributed by atoms with Gasteiger partial charge in [0.05, 0.1) is 5.69 Å². The van der Waals surface area contributed by atoms with E-state index in [1.54, 1.807) is 41.8 Å². The lowest BCUT2D eigenvalue weighted by molar-refractivity contribution is -0.138. The van der Waals surface area contributed by atoms with E-state index in [9.17, 15) is 19.2 Å². The maximum atomic E-state index is 15.7. The monoisotopic (exact) mass is 653 g/mol.